The number of hydrogen-bond donors (Lipinski definition) is 2. The zero-order chi connectivity index (χ0) is 23.1. The molecular weight excluding hydrogens is 450 g/mol. The lowest BCUT2D eigenvalue weighted by Gasteiger charge is -2.31. The summed E-state index contributed by atoms with van der Waals surface area (Å²) >= 11 is 7.54. The molecule has 1 aliphatic heterocycles. The molecule has 1 atom stereocenters. The maximum absolute atomic E-state index is 13.0. The van der Waals surface area contributed by atoms with E-state index in [0.717, 1.165) is 16.9 Å². The predicted octanol–water partition coefficient (Wildman–Crippen LogP) is 4.19. The van der Waals surface area contributed by atoms with Gasteiger partial charge in [0.2, 0.25) is 5.91 Å². The Hall–Kier alpha value is -2.58. The van der Waals surface area contributed by atoms with Crippen LogP contribution in [-0.4, -0.2) is 55.7 Å². The van der Waals surface area contributed by atoms with E-state index in [1.807, 2.05) is 18.4 Å². The molecule has 172 valence electrons. The summed E-state index contributed by atoms with van der Waals surface area (Å²) < 4.78 is 10.8. The summed E-state index contributed by atoms with van der Waals surface area (Å²) in [6.07, 6.45) is 3.20. The van der Waals surface area contributed by atoms with E-state index in [2.05, 4.69) is 10.6 Å². The molecule has 1 heterocycles. The lowest BCUT2D eigenvalue weighted by molar-refractivity contribution is -0.118. The van der Waals surface area contributed by atoms with Crippen LogP contribution >= 0.6 is 23.4 Å². The molecule has 0 radical (unpaired) electrons. The number of anilines is 1. The van der Waals surface area contributed by atoms with E-state index in [9.17, 15) is 9.59 Å². The molecular formula is C23H28ClN3O4S. The first-order chi connectivity index (χ1) is 15.4. The molecule has 2 aromatic rings. The molecule has 3 rings (SSSR count). The van der Waals surface area contributed by atoms with Gasteiger partial charge in [0, 0.05) is 23.8 Å². The van der Waals surface area contributed by atoms with Gasteiger partial charge in [-0.15, -0.1) is 0 Å². The van der Waals surface area contributed by atoms with E-state index in [-0.39, 0.29) is 11.9 Å². The first kappa shape index (κ1) is 24.1. The standard InChI is InChI=1S/C23H28ClN3O4S/c1-30-20-12-15-8-10-27(14-16(15)13-21(20)31-2)23(29)26-19(9-11-32-3)22(28)25-18-6-4-17(24)5-7-18/h4-7,12-13,19H,8-11,14H2,1-3H3,(H,25,28)(H,26,29)/t19-/m0/s1. The van der Waals surface area contributed by atoms with Crippen molar-refractivity contribution >= 4 is 41.0 Å². The van der Waals surface area contributed by atoms with Crippen molar-refractivity contribution in [2.24, 2.45) is 0 Å². The molecule has 2 N–H and O–H groups in total. The molecule has 9 heteroatoms. The highest BCUT2D eigenvalue weighted by Crippen LogP contribution is 2.33. The van der Waals surface area contributed by atoms with Gasteiger partial charge in [0.1, 0.15) is 6.04 Å². The van der Waals surface area contributed by atoms with E-state index in [0.29, 0.717) is 48.1 Å². The number of benzene rings is 2. The molecule has 0 saturated carbocycles. The summed E-state index contributed by atoms with van der Waals surface area (Å²) in [5.41, 5.74) is 2.78. The molecule has 0 aliphatic carbocycles. The second kappa shape index (κ2) is 11.3. The number of nitrogens with zero attached hydrogens (tertiary/aromatic N) is 1. The number of amides is 3. The fourth-order valence-electron chi connectivity index (χ4n) is 3.56. The summed E-state index contributed by atoms with van der Waals surface area (Å²) in [6.45, 7) is 0.998. The second-order valence-corrected chi connectivity index (χ2v) is 8.85. The summed E-state index contributed by atoms with van der Waals surface area (Å²) in [7, 11) is 3.20. The fraction of sp³-hybridized carbons (Fsp3) is 0.391. The van der Waals surface area contributed by atoms with Crippen LogP contribution < -0.4 is 20.1 Å². The molecule has 32 heavy (non-hydrogen) atoms. The van der Waals surface area contributed by atoms with E-state index in [4.69, 9.17) is 21.1 Å². The summed E-state index contributed by atoms with van der Waals surface area (Å²) in [6, 6.07) is 9.85. The van der Waals surface area contributed by atoms with E-state index >= 15 is 0 Å². The lowest BCUT2D eigenvalue weighted by Crippen LogP contribution is -2.50. The maximum Gasteiger partial charge on any atom is 0.318 e. The Morgan fingerprint density at radius 1 is 1.12 bits per heavy atom. The normalized spacial score (nSPS) is 13.7. The van der Waals surface area contributed by atoms with Crippen molar-refractivity contribution in [3.63, 3.8) is 0 Å². The van der Waals surface area contributed by atoms with Crippen LogP contribution in [0.2, 0.25) is 5.02 Å². The number of methoxy groups -OCH3 is 2. The van der Waals surface area contributed by atoms with Gasteiger partial charge in [0.25, 0.3) is 0 Å². The third-order valence-electron chi connectivity index (χ3n) is 5.34. The maximum atomic E-state index is 13.0. The summed E-state index contributed by atoms with van der Waals surface area (Å²) in [5, 5.41) is 6.37. The number of thioether (sulfide) groups is 1. The van der Waals surface area contributed by atoms with Gasteiger partial charge in [-0.1, -0.05) is 11.6 Å². The molecule has 0 saturated heterocycles. The van der Waals surface area contributed by atoms with E-state index in [1.165, 1.54) is 0 Å². The van der Waals surface area contributed by atoms with Crippen molar-refractivity contribution < 1.29 is 19.1 Å². The number of hydrogen-bond acceptors (Lipinski definition) is 5. The smallest absolute Gasteiger partial charge is 0.318 e. The monoisotopic (exact) mass is 477 g/mol. The number of carbonyl (C=O) groups is 2. The van der Waals surface area contributed by atoms with E-state index < -0.39 is 6.04 Å². The zero-order valence-electron chi connectivity index (χ0n) is 18.4. The average Bonchev–Trinajstić information content (AvgIpc) is 2.81. The predicted molar refractivity (Wildman–Crippen MR) is 129 cm³/mol. The summed E-state index contributed by atoms with van der Waals surface area (Å²) in [4.78, 5) is 27.6. The molecule has 0 bridgehead atoms. The van der Waals surface area contributed by atoms with Crippen LogP contribution in [-0.2, 0) is 17.8 Å². The minimum absolute atomic E-state index is 0.251. The van der Waals surface area contributed by atoms with Crippen LogP contribution in [0.25, 0.3) is 0 Å². The molecule has 0 aromatic heterocycles. The van der Waals surface area contributed by atoms with Crippen LogP contribution in [0.5, 0.6) is 11.5 Å². The number of carbonyl (C=O) groups excluding carboxylic acids is 2. The highest BCUT2D eigenvalue weighted by Gasteiger charge is 2.27. The molecule has 0 spiro atoms. The Labute approximate surface area is 197 Å². The van der Waals surface area contributed by atoms with Gasteiger partial charge < -0.3 is 25.0 Å². The molecule has 2 aromatic carbocycles. The molecule has 3 amide bonds. The molecule has 1 aliphatic rings. The zero-order valence-corrected chi connectivity index (χ0v) is 20.0. The fourth-order valence-corrected chi connectivity index (χ4v) is 4.16. The van der Waals surface area contributed by atoms with Crippen LogP contribution in [0, 0.1) is 0 Å². The van der Waals surface area contributed by atoms with Crippen molar-refractivity contribution in [1.82, 2.24) is 10.2 Å². The van der Waals surface area contributed by atoms with Gasteiger partial charge >= 0.3 is 6.03 Å². The minimum atomic E-state index is -0.641. The van der Waals surface area contributed by atoms with Gasteiger partial charge in [-0.2, -0.15) is 11.8 Å². The van der Waals surface area contributed by atoms with Gasteiger partial charge in [-0.3, -0.25) is 4.79 Å². The number of nitrogens with one attached hydrogen (secondary N) is 2. The first-order valence-corrected chi connectivity index (χ1v) is 12.1. The highest BCUT2D eigenvalue weighted by molar-refractivity contribution is 7.98. The van der Waals surface area contributed by atoms with Crippen LogP contribution in [0.1, 0.15) is 17.5 Å². The van der Waals surface area contributed by atoms with Crippen molar-refractivity contribution in [3.05, 3.63) is 52.5 Å². The number of urea groups is 1. The highest BCUT2D eigenvalue weighted by atomic mass is 35.5. The number of rotatable bonds is 8. The van der Waals surface area contributed by atoms with Gasteiger partial charge in [0.05, 0.1) is 14.2 Å². The average molecular weight is 478 g/mol. The van der Waals surface area contributed by atoms with Crippen molar-refractivity contribution in [1.29, 1.82) is 0 Å². The molecule has 0 fully saturated rings. The van der Waals surface area contributed by atoms with Crippen LogP contribution in [0.15, 0.2) is 36.4 Å². The van der Waals surface area contributed by atoms with Crippen molar-refractivity contribution in [3.8, 4) is 11.5 Å². The Balaban J connectivity index is 1.68. The quantitative estimate of drug-likeness (QED) is 0.596. The topological polar surface area (TPSA) is 79.9 Å². The molecule has 7 nitrogen and oxygen atoms in total. The lowest BCUT2D eigenvalue weighted by atomic mass is 9.99. The SMILES string of the molecule is COc1cc2c(cc1OC)CN(C(=O)N[C@@H](CCSC)C(=O)Nc1ccc(Cl)cc1)CC2. The minimum Gasteiger partial charge on any atom is -0.493 e. The number of halogens is 1. The van der Waals surface area contributed by atoms with Gasteiger partial charge in [-0.25, -0.2) is 4.79 Å². The van der Waals surface area contributed by atoms with Crippen LogP contribution in [0.4, 0.5) is 10.5 Å². The third-order valence-corrected chi connectivity index (χ3v) is 6.24. The Morgan fingerprint density at radius 3 is 2.41 bits per heavy atom. The number of ether oxygens (including phenoxy) is 2. The molecule has 0 unspecified atom stereocenters. The second-order valence-electron chi connectivity index (χ2n) is 7.43. The first-order valence-electron chi connectivity index (χ1n) is 10.3. The third kappa shape index (κ3) is 6.01. The summed E-state index contributed by atoms with van der Waals surface area (Å²) in [5.74, 6) is 1.81. The van der Waals surface area contributed by atoms with E-state index in [1.54, 1.807) is 55.1 Å². The Kier molecular flexibility index (Phi) is 8.53. The van der Waals surface area contributed by atoms with Gasteiger partial charge in [0.15, 0.2) is 11.5 Å². The van der Waals surface area contributed by atoms with Gasteiger partial charge in [-0.05, 0) is 72.4 Å². The number of fused-ring (bicyclic) bond motifs is 1. The van der Waals surface area contributed by atoms with Crippen LogP contribution in [0.3, 0.4) is 0 Å². The Bertz CT molecular complexity index is 955. The Morgan fingerprint density at radius 2 is 1.78 bits per heavy atom. The largest absolute Gasteiger partial charge is 0.493 e. The van der Waals surface area contributed by atoms with Crippen molar-refractivity contribution in [2.45, 2.75) is 25.4 Å². The van der Waals surface area contributed by atoms with Crippen molar-refractivity contribution in [2.75, 3.05) is 38.1 Å².